The second kappa shape index (κ2) is 5.93. The predicted octanol–water partition coefficient (Wildman–Crippen LogP) is 4.84. The van der Waals surface area contributed by atoms with Crippen molar-refractivity contribution in [1.82, 2.24) is 4.90 Å². The highest BCUT2D eigenvalue weighted by molar-refractivity contribution is 5.00. The highest BCUT2D eigenvalue weighted by atomic mass is 15.2. The van der Waals surface area contributed by atoms with Crippen molar-refractivity contribution in [1.29, 1.82) is 0 Å². The molecular weight excluding hydrogens is 206 g/mol. The van der Waals surface area contributed by atoms with Crippen LogP contribution in [-0.2, 0) is 0 Å². The number of piperidine rings is 1. The molecule has 1 heterocycles. The topological polar surface area (TPSA) is 3.24 Å². The molecule has 0 aliphatic carbocycles. The van der Waals surface area contributed by atoms with E-state index in [1.807, 2.05) is 0 Å². The van der Waals surface area contributed by atoms with Crippen molar-refractivity contribution < 1.29 is 0 Å². The molecule has 100 valence electrons. The molecule has 2 atom stereocenters. The van der Waals surface area contributed by atoms with Gasteiger partial charge in [-0.15, -0.1) is 0 Å². The summed E-state index contributed by atoms with van der Waals surface area (Å²) < 4.78 is 0. The molecular formula is C16H31N. The van der Waals surface area contributed by atoms with Crippen LogP contribution in [0.5, 0.6) is 0 Å². The molecule has 1 aliphatic heterocycles. The molecule has 1 nitrogen and oxygen atoms in total. The Kier molecular flexibility index (Phi) is 5.09. The Morgan fingerprint density at radius 2 is 1.94 bits per heavy atom. The summed E-state index contributed by atoms with van der Waals surface area (Å²) in [6.45, 7) is 17.2. The van der Waals surface area contributed by atoms with Crippen molar-refractivity contribution in [3.63, 3.8) is 0 Å². The van der Waals surface area contributed by atoms with Crippen LogP contribution in [0.3, 0.4) is 0 Å². The van der Waals surface area contributed by atoms with Crippen LogP contribution in [0.15, 0.2) is 12.3 Å². The van der Waals surface area contributed by atoms with Gasteiger partial charge >= 0.3 is 0 Å². The van der Waals surface area contributed by atoms with Crippen molar-refractivity contribution in [2.45, 2.75) is 72.8 Å². The average molecular weight is 237 g/mol. The number of allylic oxidation sites excluding steroid dienone is 1. The number of rotatable bonds is 4. The molecule has 1 heteroatoms. The quantitative estimate of drug-likeness (QED) is 0.676. The van der Waals surface area contributed by atoms with Crippen LogP contribution >= 0.6 is 0 Å². The Balaban J connectivity index is 2.65. The highest BCUT2D eigenvalue weighted by Crippen LogP contribution is 2.38. The fourth-order valence-corrected chi connectivity index (χ4v) is 3.07. The lowest BCUT2D eigenvalue weighted by atomic mass is 9.72. The third kappa shape index (κ3) is 3.76. The minimum absolute atomic E-state index is 0.464. The minimum Gasteiger partial charge on any atom is -0.372 e. The Morgan fingerprint density at radius 1 is 1.29 bits per heavy atom. The van der Waals surface area contributed by atoms with Gasteiger partial charge in [0.05, 0.1) is 0 Å². The van der Waals surface area contributed by atoms with Crippen molar-refractivity contribution in [2.24, 2.45) is 11.3 Å². The van der Waals surface area contributed by atoms with Crippen molar-refractivity contribution in [3.8, 4) is 0 Å². The van der Waals surface area contributed by atoms with E-state index in [9.17, 15) is 0 Å². The van der Waals surface area contributed by atoms with E-state index in [1.165, 1.54) is 37.9 Å². The maximum Gasteiger partial charge on any atom is 0.0286 e. The van der Waals surface area contributed by atoms with Crippen molar-refractivity contribution in [3.05, 3.63) is 12.3 Å². The highest BCUT2D eigenvalue weighted by Gasteiger charge is 2.33. The zero-order valence-corrected chi connectivity index (χ0v) is 12.6. The van der Waals surface area contributed by atoms with Gasteiger partial charge in [-0.3, -0.25) is 0 Å². The van der Waals surface area contributed by atoms with E-state index >= 15 is 0 Å². The van der Waals surface area contributed by atoms with Gasteiger partial charge in [0.25, 0.3) is 0 Å². The minimum atomic E-state index is 0.464. The van der Waals surface area contributed by atoms with Crippen LogP contribution in [-0.4, -0.2) is 17.5 Å². The normalized spacial score (nSPS) is 26.1. The van der Waals surface area contributed by atoms with Gasteiger partial charge in [-0.25, -0.2) is 0 Å². The first-order chi connectivity index (χ1) is 7.90. The van der Waals surface area contributed by atoms with E-state index in [4.69, 9.17) is 0 Å². The molecule has 0 amide bonds. The van der Waals surface area contributed by atoms with E-state index < -0.39 is 0 Å². The molecule has 0 saturated carbocycles. The van der Waals surface area contributed by atoms with Gasteiger partial charge in [0.15, 0.2) is 0 Å². The molecule has 0 aromatic rings. The van der Waals surface area contributed by atoms with Gasteiger partial charge < -0.3 is 4.90 Å². The van der Waals surface area contributed by atoms with Crippen molar-refractivity contribution in [2.75, 3.05) is 6.54 Å². The molecule has 1 aliphatic rings. The second-order valence-electron chi connectivity index (χ2n) is 6.66. The summed E-state index contributed by atoms with van der Waals surface area (Å²) >= 11 is 0. The van der Waals surface area contributed by atoms with Crippen LogP contribution < -0.4 is 0 Å². The summed E-state index contributed by atoms with van der Waals surface area (Å²) in [5, 5.41) is 0. The van der Waals surface area contributed by atoms with Crippen molar-refractivity contribution >= 4 is 0 Å². The average Bonchev–Trinajstić information content (AvgIpc) is 2.27. The Labute approximate surface area is 108 Å². The van der Waals surface area contributed by atoms with Gasteiger partial charge in [0.2, 0.25) is 0 Å². The SMILES string of the molecule is C=C(CCC)N1CCC(C(C)(C)C)CC1CC. The Morgan fingerprint density at radius 3 is 2.41 bits per heavy atom. The lowest BCUT2D eigenvalue weighted by Crippen LogP contribution is -2.44. The zero-order valence-electron chi connectivity index (χ0n) is 12.6. The molecule has 17 heavy (non-hydrogen) atoms. The third-order valence-electron chi connectivity index (χ3n) is 4.36. The number of hydrogen-bond acceptors (Lipinski definition) is 1. The van der Waals surface area contributed by atoms with Gasteiger partial charge in [-0.05, 0) is 37.0 Å². The monoisotopic (exact) mass is 237 g/mol. The standard InChI is InChI=1S/C16H31N/c1-7-9-13(3)17-11-10-14(16(4,5)6)12-15(17)8-2/h14-15H,3,7-12H2,1-2,4-6H3. The number of nitrogens with zero attached hydrogens (tertiary/aromatic N) is 1. The fourth-order valence-electron chi connectivity index (χ4n) is 3.07. The van der Waals surface area contributed by atoms with Crippen LogP contribution in [0, 0.1) is 11.3 Å². The predicted molar refractivity (Wildman–Crippen MR) is 77.0 cm³/mol. The third-order valence-corrected chi connectivity index (χ3v) is 4.36. The van der Waals surface area contributed by atoms with Crippen LogP contribution in [0.25, 0.3) is 0 Å². The zero-order chi connectivity index (χ0) is 13.1. The van der Waals surface area contributed by atoms with E-state index in [0.29, 0.717) is 5.41 Å². The van der Waals surface area contributed by atoms with Crippen LogP contribution in [0.1, 0.15) is 66.7 Å². The maximum atomic E-state index is 4.28. The van der Waals surface area contributed by atoms with E-state index in [1.54, 1.807) is 0 Å². The number of likely N-dealkylation sites (tertiary alicyclic amines) is 1. The largest absolute Gasteiger partial charge is 0.372 e. The molecule has 0 aromatic carbocycles. The summed E-state index contributed by atoms with van der Waals surface area (Å²) in [5.74, 6) is 0.873. The summed E-state index contributed by atoms with van der Waals surface area (Å²) in [4.78, 5) is 2.59. The smallest absolute Gasteiger partial charge is 0.0286 e. The summed E-state index contributed by atoms with van der Waals surface area (Å²) in [5.41, 5.74) is 1.83. The molecule has 1 rings (SSSR count). The van der Waals surface area contributed by atoms with Gasteiger partial charge in [0, 0.05) is 18.3 Å². The van der Waals surface area contributed by atoms with Crippen LogP contribution in [0.2, 0.25) is 0 Å². The first kappa shape index (κ1) is 14.6. The molecule has 1 fully saturated rings. The number of hydrogen-bond donors (Lipinski definition) is 0. The summed E-state index contributed by atoms with van der Waals surface area (Å²) in [7, 11) is 0. The lowest BCUT2D eigenvalue weighted by Gasteiger charge is -2.45. The Hall–Kier alpha value is -0.460. The molecule has 2 unspecified atom stereocenters. The summed E-state index contributed by atoms with van der Waals surface area (Å²) in [6.07, 6.45) is 6.33. The maximum absolute atomic E-state index is 4.28. The fraction of sp³-hybridized carbons (Fsp3) is 0.875. The molecule has 0 bridgehead atoms. The molecule has 0 aromatic heterocycles. The van der Waals surface area contributed by atoms with E-state index in [0.717, 1.165) is 18.4 Å². The second-order valence-corrected chi connectivity index (χ2v) is 6.66. The Bertz CT molecular complexity index is 249. The molecule has 1 saturated heterocycles. The first-order valence-electron chi connectivity index (χ1n) is 7.34. The van der Waals surface area contributed by atoms with Gasteiger partial charge in [-0.2, -0.15) is 0 Å². The molecule has 0 spiro atoms. The van der Waals surface area contributed by atoms with E-state index in [2.05, 4.69) is 46.1 Å². The lowest BCUT2D eigenvalue weighted by molar-refractivity contribution is 0.0805. The van der Waals surface area contributed by atoms with Gasteiger partial charge in [-0.1, -0.05) is 47.6 Å². The first-order valence-corrected chi connectivity index (χ1v) is 7.34. The molecule has 0 radical (unpaired) electrons. The summed E-state index contributed by atoms with van der Waals surface area (Å²) in [6, 6.07) is 0.729. The van der Waals surface area contributed by atoms with E-state index in [-0.39, 0.29) is 0 Å². The van der Waals surface area contributed by atoms with Gasteiger partial charge in [0.1, 0.15) is 0 Å². The van der Waals surface area contributed by atoms with Crippen LogP contribution in [0.4, 0.5) is 0 Å². The molecule has 0 N–H and O–H groups in total.